The second kappa shape index (κ2) is 6.22. The summed E-state index contributed by atoms with van der Waals surface area (Å²) in [5, 5.41) is 0. The van der Waals surface area contributed by atoms with Crippen LogP contribution in [0.3, 0.4) is 0 Å². The SMILES string of the molecule is COc1c(C)cc(S(=O)(=O)N(C)C2CCc3ccccc32)cc1C. The van der Waals surface area contributed by atoms with Crippen LogP contribution < -0.4 is 4.74 Å². The molecule has 0 aromatic heterocycles. The van der Waals surface area contributed by atoms with E-state index >= 15 is 0 Å². The van der Waals surface area contributed by atoms with Crippen molar-refractivity contribution in [1.82, 2.24) is 4.31 Å². The largest absolute Gasteiger partial charge is 0.496 e. The first-order valence-electron chi connectivity index (χ1n) is 8.07. The molecule has 0 radical (unpaired) electrons. The van der Waals surface area contributed by atoms with E-state index in [-0.39, 0.29) is 6.04 Å². The summed E-state index contributed by atoms with van der Waals surface area (Å²) in [5.74, 6) is 0.739. The van der Waals surface area contributed by atoms with Crippen molar-refractivity contribution in [2.45, 2.75) is 37.6 Å². The van der Waals surface area contributed by atoms with Crippen LogP contribution >= 0.6 is 0 Å². The number of rotatable bonds is 4. The minimum atomic E-state index is -3.56. The molecule has 5 heteroatoms. The van der Waals surface area contributed by atoms with Crippen LogP contribution in [0.2, 0.25) is 0 Å². The Kier molecular flexibility index (Phi) is 4.40. The van der Waals surface area contributed by atoms with Gasteiger partial charge in [0, 0.05) is 7.05 Å². The molecule has 0 heterocycles. The van der Waals surface area contributed by atoms with Crippen LogP contribution in [0, 0.1) is 13.8 Å². The molecule has 0 saturated carbocycles. The van der Waals surface area contributed by atoms with E-state index < -0.39 is 10.0 Å². The van der Waals surface area contributed by atoms with Gasteiger partial charge in [-0.3, -0.25) is 0 Å². The number of sulfonamides is 1. The molecule has 0 fully saturated rings. The Morgan fingerprint density at radius 3 is 2.38 bits per heavy atom. The Morgan fingerprint density at radius 1 is 1.12 bits per heavy atom. The van der Waals surface area contributed by atoms with E-state index in [1.165, 1.54) is 9.87 Å². The smallest absolute Gasteiger partial charge is 0.243 e. The number of hydrogen-bond acceptors (Lipinski definition) is 3. The molecule has 0 N–H and O–H groups in total. The van der Waals surface area contributed by atoms with Crippen molar-refractivity contribution in [3.63, 3.8) is 0 Å². The Labute approximate surface area is 144 Å². The first kappa shape index (κ1) is 17.0. The predicted molar refractivity (Wildman–Crippen MR) is 94.9 cm³/mol. The molecular formula is C19H23NO3S. The van der Waals surface area contributed by atoms with Crippen molar-refractivity contribution in [1.29, 1.82) is 0 Å². The second-order valence-electron chi connectivity index (χ2n) is 6.36. The number of aryl methyl sites for hydroxylation is 3. The van der Waals surface area contributed by atoms with Gasteiger partial charge in [0.25, 0.3) is 0 Å². The molecule has 0 amide bonds. The highest BCUT2D eigenvalue weighted by Crippen LogP contribution is 2.38. The molecule has 0 aliphatic heterocycles. The summed E-state index contributed by atoms with van der Waals surface area (Å²) in [6.07, 6.45) is 1.74. The maximum absolute atomic E-state index is 13.1. The van der Waals surface area contributed by atoms with Crippen molar-refractivity contribution in [3.8, 4) is 5.75 Å². The Bertz CT molecular complexity index is 851. The van der Waals surface area contributed by atoms with Crippen molar-refractivity contribution in [2.24, 2.45) is 0 Å². The maximum atomic E-state index is 13.1. The fraction of sp³-hybridized carbons (Fsp3) is 0.368. The molecule has 1 aliphatic carbocycles. The van der Waals surface area contributed by atoms with Crippen LogP contribution in [0.5, 0.6) is 5.75 Å². The van der Waals surface area contributed by atoms with E-state index in [1.807, 2.05) is 32.0 Å². The standard InChI is InChI=1S/C19H23NO3S/c1-13-11-16(12-14(2)19(13)23-4)24(21,22)20(3)18-10-9-15-7-5-6-8-17(15)18/h5-8,11-12,18H,9-10H2,1-4H3. The zero-order chi connectivity index (χ0) is 17.5. The first-order chi connectivity index (χ1) is 11.4. The Morgan fingerprint density at radius 2 is 1.75 bits per heavy atom. The van der Waals surface area contributed by atoms with E-state index in [0.29, 0.717) is 4.90 Å². The normalized spacial score (nSPS) is 17.1. The summed E-state index contributed by atoms with van der Waals surface area (Å²) in [6.45, 7) is 3.74. The molecule has 3 rings (SSSR count). The van der Waals surface area contributed by atoms with Gasteiger partial charge in [-0.2, -0.15) is 4.31 Å². The van der Waals surface area contributed by atoms with Gasteiger partial charge < -0.3 is 4.74 Å². The molecule has 128 valence electrons. The average molecular weight is 345 g/mol. The Balaban J connectivity index is 2.00. The fourth-order valence-corrected chi connectivity index (χ4v) is 5.17. The molecule has 0 saturated heterocycles. The third kappa shape index (κ3) is 2.72. The van der Waals surface area contributed by atoms with Gasteiger partial charge in [0.05, 0.1) is 18.0 Å². The predicted octanol–water partition coefficient (Wildman–Crippen LogP) is 3.62. The lowest BCUT2D eigenvalue weighted by Gasteiger charge is -2.25. The Hall–Kier alpha value is -1.85. The van der Waals surface area contributed by atoms with Gasteiger partial charge in [0.15, 0.2) is 0 Å². The summed E-state index contributed by atoms with van der Waals surface area (Å²) in [6, 6.07) is 11.4. The first-order valence-corrected chi connectivity index (χ1v) is 9.51. The highest BCUT2D eigenvalue weighted by molar-refractivity contribution is 7.89. The molecule has 0 bridgehead atoms. The van der Waals surface area contributed by atoms with Gasteiger partial charge in [-0.05, 0) is 61.1 Å². The highest BCUT2D eigenvalue weighted by Gasteiger charge is 2.33. The summed E-state index contributed by atoms with van der Waals surface area (Å²) >= 11 is 0. The van der Waals surface area contributed by atoms with Gasteiger partial charge in [-0.25, -0.2) is 8.42 Å². The van der Waals surface area contributed by atoms with Crippen LogP contribution in [0.1, 0.15) is 34.7 Å². The van der Waals surface area contributed by atoms with Gasteiger partial charge in [0.1, 0.15) is 5.75 Å². The minimum Gasteiger partial charge on any atom is -0.496 e. The third-order valence-corrected chi connectivity index (χ3v) is 6.70. The summed E-state index contributed by atoms with van der Waals surface area (Å²) in [7, 11) is -0.277. The topological polar surface area (TPSA) is 46.6 Å². The van der Waals surface area contributed by atoms with Gasteiger partial charge in [0.2, 0.25) is 10.0 Å². The van der Waals surface area contributed by atoms with Crippen molar-refractivity contribution in [2.75, 3.05) is 14.2 Å². The second-order valence-corrected chi connectivity index (χ2v) is 8.36. The fourth-order valence-electron chi connectivity index (χ4n) is 3.63. The minimum absolute atomic E-state index is 0.103. The van der Waals surface area contributed by atoms with Crippen LogP contribution in [-0.4, -0.2) is 26.9 Å². The number of fused-ring (bicyclic) bond motifs is 1. The molecule has 24 heavy (non-hydrogen) atoms. The van der Waals surface area contributed by atoms with Crippen LogP contribution in [-0.2, 0) is 16.4 Å². The number of ether oxygens (including phenoxy) is 1. The molecule has 1 atom stereocenters. The lowest BCUT2D eigenvalue weighted by molar-refractivity contribution is 0.374. The number of benzene rings is 2. The van der Waals surface area contributed by atoms with Crippen molar-refractivity contribution in [3.05, 3.63) is 58.7 Å². The molecule has 2 aromatic rings. The zero-order valence-electron chi connectivity index (χ0n) is 14.5. The lowest BCUT2D eigenvalue weighted by atomic mass is 10.1. The monoisotopic (exact) mass is 345 g/mol. The average Bonchev–Trinajstić information content (AvgIpc) is 2.97. The van der Waals surface area contributed by atoms with E-state index in [2.05, 4.69) is 6.07 Å². The number of nitrogens with zero attached hydrogens (tertiary/aromatic N) is 1. The van der Waals surface area contributed by atoms with E-state index in [9.17, 15) is 8.42 Å². The van der Waals surface area contributed by atoms with E-state index in [1.54, 1.807) is 26.3 Å². The van der Waals surface area contributed by atoms with E-state index in [4.69, 9.17) is 4.74 Å². The highest BCUT2D eigenvalue weighted by atomic mass is 32.2. The summed E-state index contributed by atoms with van der Waals surface area (Å²) in [5.41, 5.74) is 4.02. The van der Waals surface area contributed by atoms with Crippen molar-refractivity contribution >= 4 is 10.0 Å². The maximum Gasteiger partial charge on any atom is 0.243 e. The summed E-state index contributed by atoms with van der Waals surface area (Å²) in [4.78, 5) is 0.324. The zero-order valence-corrected chi connectivity index (χ0v) is 15.4. The van der Waals surface area contributed by atoms with Gasteiger partial charge in [-0.15, -0.1) is 0 Å². The van der Waals surface area contributed by atoms with Crippen LogP contribution in [0.25, 0.3) is 0 Å². The number of methoxy groups -OCH3 is 1. The quantitative estimate of drug-likeness (QED) is 0.850. The van der Waals surface area contributed by atoms with Crippen molar-refractivity contribution < 1.29 is 13.2 Å². The third-order valence-electron chi connectivity index (χ3n) is 4.86. The molecule has 4 nitrogen and oxygen atoms in total. The van der Waals surface area contributed by atoms with Gasteiger partial charge in [-0.1, -0.05) is 24.3 Å². The molecule has 0 spiro atoms. The molecule has 1 aliphatic rings. The van der Waals surface area contributed by atoms with Crippen LogP contribution in [0.4, 0.5) is 0 Å². The van der Waals surface area contributed by atoms with E-state index in [0.717, 1.165) is 35.3 Å². The molecular weight excluding hydrogens is 322 g/mol. The molecule has 2 aromatic carbocycles. The van der Waals surface area contributed by atoms with Crippen LogP contribution in [0.15, 0.2) is 41.3 Å². The lowest BCUT2D eigenvalue weighted by Crippen LogP contribution is -2.30. The van der Waals surface area contributed by atoms with Gasteiger partial charge >= 0.3 is 0 Å². The molecule has 1 unspecified atom stereocenters. The summed E-state index contributed by atoms with van der Waals surface area (Å²) < 4.78 is 33.1. The number of hydrogen-bond donors (Lipinski definition) is 0.